The van der Waals surface area contributed by atoms with Crippen molar-refractivity contribution in [1.82, 2.24) is 14.9 Å². The number of benzene rings is 1. The Balaban J connectivity index is 2.20. The van der Waals surface area contributed by atoms with Gasteiger partial charge < -0.3 is 9.88 Å². The van der Waals surface area contributed by atoms with E-state index in [1.165, 1.54) is 27.4 Å². The lowest BCUT2D eigenvalue weighted by Crippen LogP contribution is -2.16. The number of fused-ring (bicyclic) bond motifs is 3. The summed E-state index contributed by atoms with van der Waals surface area (Å²) in [5.41, 5.74) is 3.95. The minimum atomic E-state index is 0.570. The highest BCUT2D eigenvalue weighted by atomic mass is 14.9. The SMILES string of the molecule is CCC(CNC)c1ccc2c3cnccc3n(C)c2c1. The molecule has 20 heavy (non-hydrogen) atoms. The number of aromatic nitrogens is 2. The molecule has 2 heterocycles. The van der Waals surface area contributed by atoms with Crippen LogP contribution in [0.5, 0.6) is 0 Å². The Bertz CT molecular complexity index is 742. The zero-order chi connectivity index (χ0) is 14.1. The Hall–Kier alpha value is -1.87. The summed E-state index contributed by atoms with van der Waals surface area (Å²) in [5.74, 6) is 0.570. The summed E-state index contributed by atoms with van der Waals surface area (Å²) < 4.78 is 2.27. The second-order valence-corrected chi connectivity index (χ2v) is 5.39. The Morgan fingerprint density at radius 3 is 2.80 bits per heavy atom. The van der Waals surface area contributed by atoms with Crippen molar-refractivity contribution in [3.8, 4) is 0 Å². The normalized spacial score (nSPS) is 13.2. The zero-order valence-electron chi connectivity index (χ0n) is 12.4. The molecule has 0 aliphatic rings. The van der Waals surface area contributed by atoms with E-state index in [0.29, 0.717) is 5.92 Å². The van der Waals surface area contributed by atoms with Gasteiger partial charge in [-0.15, -0.1) is 0 Å². The Morgan fingerprint density at radius 2 is 2.05 bits per heavy atom. The maximum Gasteiger partial charge on any atom is 0.0519 e. The third-order valence-electron chi connectivity index (χ3n) is 4.25. The number of likely N-dealkylation sites (N-methyl/N-ethyl adjacent to an activating group) is 1. The minimum absolute atomic E-state index is 0.570. The summed E-state index contributed by atoms with van der Waals surface area (Å²) >= 11 is 0. The number of pyridine rings is 1. The van der Waals surface area contributed by atoms with Crippen molar-refractivity contribution in [3.05, 3.63) is 42.2 Å². The van der Waals surface area contributed by atoms with Crippen molar-refractivity contribution in [2.45, 2.75) is 19.3 Å². The Kier molecular flexibility index (Phi) is 3.45. The van der Waals surface area contributed by atoms with Gasteiger partial charge in [0.05, 0.1) is 5.52 Å². The molecule has 104 valence electrons. The molecule has 0 aliphatic heterocycles. The van der Waals surface area contributed by atoms with Crippen LogP contribution in [0.4, 0.5) is 0 Å². The number of hydrogen-bond donors (Lipinski definition) is 1. The van der Waals surface area contributed by atoms with Gasteiger partial charge in [-0.25, -0.2) is 0 Å². The summed E-state index contributed by atoms with van der Waals surface area (Å²) in [4.78, 5) is 4.26. The van der Waals surface area contributed by atoms with E-state index >= 15 is 0 Å². The third kappa shape index (κ3) is 1.98. The van der Waals surface area contributed by atoms with E-state index in [4.69, 9.17) is 0 Å². The molecule has 0 saturated carbocycles. The molecule has 1 atom stereocenters. The summed E-state index contributed by atoms with van der Waals surface area (Å²) in [5, 5.41) is 5.81. The molecule has 0 saturated heterocycles. The molecule has 1 N–H and O–H groups in total. The fourth-order valence-electron chi connectivity index (χ4n) is 3.07. The Morgan fingerprint density at radius 1 is 1.20 bits per heavy atom. The zero-order valence-corrected chi connectivity index (χ0v) is 12.4. The summed E-state index contributed by atoms with van der Waals surface area (Å²) in [6, 6.07) is 8.92. The van der Waals surface area contributed by atoms with Crippen LogP contribution < -0.4 is 5.32 Å². The average molecular weight is 267 g/mol. The van der Waals surface area contributed by atoms with Crippen molar-refractivity contribution in [3.63, 3.8) is 0 Å². The van der Waals surface area contributed by atoms with Gasteiger partial charge in [0.15, 0.2) is 0 Å². The largest absolute Gasteiger partial charge is 0.344 e. The van der Waals surface area contributed by atoms with Gasteiger partial charge in [-0.3, -0.25) is 4.98 Å². The van der Waals surface area contributed by atoms with Crippen LogP contribution in [0.25, 0.3) is 21.8 Å². The lowest BCUT2D eigenvalue weighted by Gasteiger charge is -2.15. The van der Waals surface area contributed by atoms with Crippen molar-refractivity contribution in [1.29, 1.82) is 0 Å². The summed E-state index contributed by atoms with van der Waals surface area (Å²) in [6.45, 7) is 3.27. The first-order valence-corrected chi connectivity index (χ1v) is 7.23. The smallest absolute Gasteiger partial charge is 0.0519 e. The summed E-state index contributed by atoms with van der Waals surface area (Å²) in [6.07, 6.45) is 4.97. The highest BCUT2D eigenvalue weighted by molar-refractivity contribution is 6.07. The summed E-state index contributed by atoms with van der Waals surface area (Å²) in [7, 11) is 4.15. The molecule has 3 heteroatoms. The second-order valence-electron chi connectivity index (χ2n) is 5.39. The van der Waals surface area contributed by atoms with E-state index in [0.717, 1.165) is 13.0 Å². The van der Waals surface area contributed by atoms with Gasteiger partial charge in [0.1, 0.15) is 0 Å². The van der Waals surface area contributed by atoms with Gasteiger partial charge in [0, 0.05) is 42.3 Å². The van der Waals surface area contributed by atoms with Crippen LogP contribution in [-0.2, 0) is 7.05 Å². The van der Waals surface area contributed by atoms with Crippen LogP contribution in [0, 0.1) is 0 Å². The predicted molar refractivity (Wildman–Crippen MR) is 85.2 cm³/mol. The molecule has 0 aliphatic carbocycles. The van der Waals surface area contributed by atoms with Gasteiger partial charge in [-0.05, 0) is 37.1 Å². The van der Waals surface area contributed by atoms with Crippen molar-refractivity contribution >= 4 is 21.8 Å². The van der Waals surface area contributed by atoms with E-state index in [2.05, 4.69) is 53.1 Å². The molecule has 0 bridgehead atoms. The van der Waals surface area contributed by atoms with Gasteiger partial charge >= 0.3 is 0 Å². The first-order chi connectivity index (χ1) is 9.76. The van der Waals surface area contributed by atoms with Crippen LogP contribution in [-0.4, -0.2) is 23.1 Å². The molecular formula is C17H21N3. The van der Waals surface area contributed by atoms with Gasteiger partial charge in [0.25, 0.3) is 0 Å². The van der Waals surface area contributed by atoms with Gasteiger partial charge in [-0.1, -0.05) is 19.1 Å². The number of rotatable bonds is 4. The van der Waals surface area contributed by atoms with Crippen molar-refractivity contribution < 1.29 is 0 Å². The van der Waals surface area contributed by atoms with Gasteiger partial charge in [0.2, 0.25) is 0 Å². The maximum atomic E-state index is 4.26. The number of hydrogen-bond acceptors (Lipinski definition) is 2. The van der Waals surface area contributed by atoms with Crippen LogP contribution in [0.3, 0.4) is 0 Å². The van der Waals surface area contributed by atoms with E-state index in [-0.39, 0.29) is 0 Å². The van der Waals surface area contributed by atoms with Crippen molar-refractivity contribution in [2.24, 2.45) is 7.05 Å². The molecular weight excluding hydrogens is 246 g/mol. The van der Waals surface area contributed by atoms with Crippen molar-refractivity contribution in [2.75, 3.05) is 13.6 Å². The van der Waals surface area contributed by atoms with Crippen LogP contribution >= 0.6 is 0 Å². The quantitative estimate of drug-likeness (QED) is 0.784. The first kappa shape index (κ1) is 13.1. The molecule has 0 amide bonds. The molecule has 3 rings (SSSR count). The monoisotopic (exact) mass is 267 g/mol. The van der Waals surface area contributed by atoms with Gasteiger partial charge in [-0.2, -0.15) is 0 Å². The average Bonchev–Trinajstić information content (AvgIpc) is 2.78. The number of aryl methyl sites for hydroxylation is 1. The lowest BCUT2D eigenvalue weighted by atomic mass is 9.95. The molecule has 3 aromatic rings. The van der Waals surface area contributed by atoms with Crippen LogP contribution in [0.1, 0.15) is 24.8 Å². The molecule has 0 radical (unpaired) electrons. The second kappa shape index (κ2) is 5.25. The number of nitrogens with zero attached hydrogens (tertiary/aromatic N) is 2. The number of nitrogens with one attached hydrogen (secondary N) is 1. The lowest BCUT2D eigenvalue weighted by molar-refractivity contribution is 0.612. The molecule has 1 aromatic carbocycles. The van der Waals surface area contributed by atoms with E-state index in [1.807, 2.05) is 19.4 Å². The van der Waals surface area contributed by atoms with Crippen LogP contribution in [0.15, 0.2) is 36.7 Å². The molecule has 3 nitrogen and oxygen atoms in total. The van der Waals surface area contributed by atoms with E-state index < -0.39 is 0 Å². The molecule has 0 spiro atoms. The van der Waals surface area contributed by atoms with E-state index in [1.54, 1.807) is 0 Å². The van der Waals surface area contributed by atoms with E-state index in [9.17, 15) is 0 Å². The van der Waals surface area contributed by atoms with Crippen LogP contribution in [0.2, 0.25) is 0 Å². The fraction of sp³-hybridized carbons (Fsp3) is 0.353. The fourth-order valence-corrected chi connectivity index (χ4v) is 3.07. The molecule has 1 unspecified atom stereocenters. The molecule has 2 aromatic heterocycles. The maximum absolute atomic E-state index is 4.26. The standard InChI is InChI=1S/C17H21N3/c1-4-12(10-18-2)13-5-6-14-15-11-19-8-7-16(15)20(3)17(14)9-13/h5-9,11-12,18H,4,10H2,1-3H3. The highest BCUT2D eigenvalue weighted by Gasteiger charge is 2.12. The topological polar surface area (TPSA) is 29.9 Å². The Labute approximate surface area is 119 Å². The highest BCUT2D eigenvalue weighted by Crippen LogP contribution is 2.30. The minimum Gasteiger partial charge on any atom is -0.344 e. The third-order valence-corrected chi connectivity index (χ3v) is 4.25. The predicted octanol–water partition coefficient (Wildman–Crippen LogP) is 3.44. The molecule has 0 fully saturated rings. The first-order valence-electron chi connectivity index (χ1n) is 7.23.